The highest BCUT2D eigenvalue weighted by atomic mass is 16.5. The molecule has 0 amide bonds. The molecule has 3 heterocycles. The van der Waals surface area contributed by atoms with Gasteiger partial charge in [0.15, 0.2) is 0 Å². The standard InChI is InChI=1S/C42H46O5/c1-39(2,3)28-16-18-31-34(19-28)36(46-22-40(4)20-43-21-40)32-14-10-9-13-30(32)35(31)33-17-15-27-11-7-8-12-29(27)37(33)47-38(41(5)23-44-24-41)42(6)25-45-26-42/h7-19,38H,20-26H2,1-6H3. The number of rotatable bonds is 8. The molecule has 0 aromatic heterocycles. The quantitative estimate of drug-likeness (QED) is 0.160. The van der Waals surface area contributed by atoms with Gasteiger partial charge in [0.05, 0.1) is 57.1 Å². The van der Waals surface area contributed by atoms with Gasteiger partial charge in [-0.05, 0) is 39.3 Å². The van der Waals surface area contributed by atoms with Crippen LogP contribution in [0.2, 0.25) is 0 Å². The van der Waals surface area contributed by atoms with Gasteiger partial charge in [0, 0.05) is 32.7 Å². The summed E-state index contributed by atoms with van der Waals surface area (Å²) in [5, 5.41) is 6.83. The minimum absolute atomic E-state index is 0.0178. The molecular weight excluding hydrogens is 584 g/mol. The number of hydrogen-bond donors (Lipinski definition) is 0. The summed E-state index contributed by atoms with van der Waals surface area (Å²) in [7, 11) is 0. The molecule has 3 aliphatic heterocycles. The van der Waals surface area contributed by atoms with Crippen molar-refractivity contribution in [1.82, 2.24) is 0 Å². The third kappa shape index (κ3) is 5.10. The van der Waals surface area contributed by atoms with Gasteiger partial charge in [-0.3, -0.25) is 0 Å². The highest BCUT2D eigenvalue weighted by Crippen LogP contribution is 2.52. The first-order chi connectivity index (χ1) is 22.5. The Morgan fingerprint density at radius 2 is 1.23 bits per heavy atom. The SMILES string of the molecule is CC1(COc2c3ccccc3c(-c3ccc4ccccc4c3OC(C3(C)COC3)C3(C)COC3)c3ccc(C(C)(C)C)cc23)COC1. The topological polar surface area (TPSA) is 46.2 Å². The van der Waals surface area contributed by atoms with Crippen LogP contribution < -0.4 is 9.47 Å². The lowest BCUT2D eigenvalue weighted by Gasteiger charge is -2.54. The number of fused-ring (bicyclic) bond motifs is 3. The Kier molecular flexibility index (Phi) is 7.15. The first kappa shape index (κ1) is 30.7. The fraction of sp³-hybridized carbons (Fsp3) is 0.429. The molecule has 3 aliphatic rings. The maximum absolute atomic E-state index is 7.44. The van der Waals surface area contributed by atoms with Crippen LogP contribution in [0.5, 0.6) is 11.5 Å². The Balaban J connectivity index is 1.40. The zero-order chi connectivity index (χ0) is 32.6. The summed E-state index contributed by atoms with van der Waals surface area (Å²) in [4.78, 5) is 0. The van der Waals surface area contributed by atoms with Crippen LogP contribution in [-0.2, 0) is 19.6 Å². The fourth-order valence-corrected chi connectivity index (χ4v) is 7.79. The van der Waals surface area contributed by atoms with Gasteiger partial charge in [0.1, 0.15) is 17.6 Å². The van der Waals surface area contributed by atoms with E-state index in [0.29, 0.717) is 33.0 Å². The zero-order valence-electron chi connectivity index (χ0n) is 28.6. The van der Waals surface area contributed by atoms with E-state index in [1.54, 1.807) is 0 Å². The maximum atomic E-state index is 7.44. The van der Waals surface area contributed by atoms with Gasteiger partial charge >= 0.3 is 0 Å². The van der Waals surface area contributed by atoms with E-state index >= 15 is 0 Å². The Labute approximate surface area is 278 Å². The molecule has 8 rings (SSSR count). The van der Waals surface area contributed by atoms with Crippen molar-refractivity contribution < 1.29 is 23.7 Å². The molecule has 244 valence electrons. The highest BCUT2D eigenvalue weighted by Gasteiger charge is 2.55. The van der Waals surface area contributed by atoms with Crippen molar-refractivity contribution in [3.05, 3.63) is 84.4 Å². The first-order valence-corrected chi connectivity index (χ1v) is 17.0. The minimum Gasteiger partial charge on any atom is -0.492 e. The number of benzene rings is 5. The van der Waals surface area contributed by atoms with Gasteiger partial charge in [-0.25, -0.2) is 0 Å². The number of hydrogen-bond acceptors (Lipinski definition) is 5. The molecule has 5 nitrogen and oxygen atoms in total. The maximum Gasteiger partial charge on any atom is 0.135 e. The van der Waals surface area contributed by atoms with Crippen molar-refractivity contribution in [3.63, 3.8) is 0 Å². The van der Waals surface area contributed by atoms with E-state index in [-0.39, 0.29) is 27.8 Å². The largest absolute Gasteiger partial charge is 0.492 e. The molecule has 0 bridgehead atoms. The van der Waals surface area contributed by atoms with E-state index in [1.165, 1.54) is 11.1 Å². The molecule has 5 heteroatoms. The molecule has 5 aromatic rings. The fourth-order valence-electron chi connectivity index (χ4n) is 7.79. The van der Waals surface area contributed by atoms with Crippen molar-refractivity contribution in [2.75, 3.05) is 46.2 Å². The van der Waals surface area contributed by atoms with E-state index in [0.717, 1.165) is 62.6 Å². The van der Waals surface area contributed by atoms with Gasteiger partial charge in [-0.2, -0.15) is 0 Å². The molecule has 3 fully saturated rings. The molecule has 0 saturated carbocycles. The van der Waals surface area contributed by atoms with Crippen LogP contribution in [-0.4, -0.2) is 52.4 Å². The monoisotopic (exact) mass is 630 g/mol. The van der Waals surface area contributed by atoms with Crippen molar-refractivity contribution in [2.24, 2.45) is 16.2 Å². The van der Waals surface area contributed by atoms with Gasteiger partial charge in [-0.1, -0.05) is 108 Å². The molecule has 0 N–H and O–H groups in total. The molecule has 0 radical (unpaired) electrons. The molecule has 0 unspecified atom stereocenters. The minimum atomic E-state index is -0.0997. The Morgan fingerprint density at radius 3 is 1.83 bits per heavy atom. The van der Waals surface area contributed by atoms with E-state index < -0.39 is 0 Å². The molecule has 0 aliphatic carbocycles. The molecule has 5 aromatic carbocycles. The summed E-state index contributed by atoms with van der Waals surface area (Å²) in [6, 6.07) is 28.7. The lowest BCUT2D eigenvalue weighted by Crippen LogP contribution is -2.63. The van der Waals surface area contributed by atoms with Crippen LogP contribution in [0.25, 0.3) is 43.4 Å². The molecule has 3 saturated heterocycles. The second-order valence-corrected chi connectivity index (χ2v) is 16.3. The summed E-state index contributed by atoms with van der Waals surface area (Å²) >= 11 is 0. The molecular formula is C42H46O5. The van der Waals surface area contributed by atoms with Crippen LogP contribution >= 0.6 is 0 Å². The third-order valence-corrected chi connectivity index (χ3v) is 10.7. The highest BCUT2D eigenvalue weighted by molar-refractivity contribution is 6.18. The summed E-state index contributed by atoms with van der Waals surface area (Å²) in [5.74, 6) is 1.87. The second kappa shape index (κ2) is 10.9. The van der Waals surface area contributed by atoms with Crippen LogP contribution in [0.15, 0.2) is 78.9 Å². The smallest absolute Gasteiger partial charge is 0.135 e. The predicted octanol–water partition coefficient (Wildman–Crippen LogP) is 9.35. The van der Waals surface area contributed by atoms with Gasteiger partial charge in [-0.15, -0.1) is 0 Å². The van der Waals surface area contributed by atoms with E-state index in [9.17, 15) is 0 Å². The predicted molar refractivity (Wildman–Crippen MR) is 190 cm³/mol. The van der Waals surface area contributed by atoms with E-state index in [4.69, 9.17) is 23.7 Å². The zero-order valence-corrected chi connectivity index (χ0v) is 28.6. The lowest BCUT2D eigenvalue weighted by atomic mass is 9.67. The summed E-state index contributed by atoms with van der Waals surface area (Å²) in [6.45, 7) is 18.5. The first-order valence-electron chi connectivity index (χ1n) is 17.0. The lowest BCUT2D eigenvalue weighted by molar-refractivity contribution is -0.236. The number of ether oxygens (including phenoxy) is 5. The third-order valence-electron chi connectivity index (χ3n) is 10.7. The van der Waals surface area contributed by atoms with E-state index in [2.05, 4.69) is 120 Å². The second-order valence-electron chi connectivity index (χ2n) is 16.3. The van der Waals surface area contributed by atoms with Gasteiger partial charge in [0.25, 0.3) is 0 Å². The normalized spacial score (nSPS) is 19.7. The summed E-state index contributed by atoms with van der Waals surface area (Å²) < 4.78 is 31.5. The average Bonchev–Trinajstić information content (AvgIpc) is 3.02. The average molecular weight is 631 g/mol. The van der Waals surface area contributed by atoms with Crippen LogP contribution in [0.4, 0.5) is 0 Å². The molecule has 47 heavy (non-hydrogen) atoms. The molecule has 0 spiro atoms. The van der Waals surface area contributed by atoms with E-state index in [1.807, 2.05) is 0 Å². The summed E-state index contributed by atoms with van der Waals surface area (Å²) in [6.07, 6.45) is -0.0693. The van der Waals surface area contributed by atoms with Crippen molar-refractivity contribution in [2.45, 2.75) is 53.1 Å². The Morgan fingerprint density at radius 1 is 0.638 bits per heavy atom. The van der Waals surface area contributed by atoms with Gasteiger partial charge in [0.2, 0.25) is 0 Å². The van der Waals surface area contributed by atoms with Crippen molar-refractivity contribution in [1.29, 1.82) is 0 Å². The Hall–Kier alpha value is -3.64. The van der Waals surface area contributed by atoms with Crippen molar-refractivity contribution in [3.8, 4) is 22.6 Å². The van der Waals surface area contributed by atoms with Crippen molar-refractivity contribution >= 4 is 32.3 Å². The van der Waals surface area contributed by atoms with Crippen LogP contribution in [0, 0.1) is 16.2 Å². The Bertz CT molecular complexity index is 1970. The van der Waals surface area contributed by atoms with Crippen LogP contribution in [0.3, 0.4) is 0 Å². The van der Waals surface area contributed by atoms with Crippen LogP contribution in [0.1, 0.15) is 47.1 Å². The summed E-state index contributed by atoms with van der Waals surface area (Å²) in [5.41, 5.74) is 3.35. The molecule has 0 atom stereocenters. The van der Waals surface area contributed by atoms with Gasteiger partial charge < -0.3 is 23.7 Å².